The summed E-state index contributed by atoms with van der Waals surface area (Å²) < 4.78 is 0. The lowest BCUT2D eigenvalue weighted by Crippen LogP contribution is -2.35. The molecule has 0 bridgehead atoms. The van der Waals surface area contributed by atoms with Gasteiger partial charge in [0.05, 0.1) is 6.61 Å². The van der Waals surface area contributed by atoms with Crippen LogP contribution < -0.4 is 5.48 Å². The molecule has 3 rings (SSSR count). The second-order valence-electron chi connectivity index (χ2n) is 6.85. The molecule has 138 valence electrons. The van der Waals surface area contributed by atoms with E-state index in [2.05, 4.69) is 34.6 Å². The van der Waals surface area contributed by atoms with E-state index >= 15 is 0 Å². The van der Waals surface area contributed by atoms with Crippen LogP contribution in [-0.2, 0) is 9.63 Å². The lowest BCUT2D eigenvalue weighted by Gasteiger charge is -2.26. The predicted octanol–water partition coefficient (Wildman–Crippen LogP) is 3.74. The monoisotopic (exact) mass is 352 g/mol. The van der Waals surface area contributed by atoms with Gasteiger partial charge in [0.1, 0.15) is 0 Å². The number of hydrogen-bond acceptors (Lipinski definition) is 3. The van der Waals surface area contributed by atoms with Crippen LogP contribution in [-0.4, -0.2) is 37.0 Å². The Bertz CT molecular complexity index is 615. The zero-order valence-corrected chi connectivity index (χ0v) is 15.3. The number of amides is 1. The van der Waals surface area contributed by atoms with E-state index in [-0.39, 0.29) is 11.8 Å². The first-order valence-corrected chi connectivity index (χ1v) is 9.56. The first-order valence-electron chi connectivity index (χ1n) is 9.56. The van der Waals surface area contributed by atoms with Crippen molar-refractivity contribution < 1.29 is 9.63 Å². The van der Waals surface area contributed by atoms with Gasteiger partial charge in [0.15, 0.2) is 0 Å². The van der Waals surface area contributed by atoms with Gasteiger partial charge < -0.3 is 4.90 Å². The Morgan fingerprint density at radius 1 is 0.923 bits per heavy atom. The minimum atomic E-state index is -0.0821. The number of carbonyl (C=O) groups excluding carboxylic acids is 1. The fourth-order valence-corrected chi connectivity index (χ4v) is 3.52. The number of nitrogens with zero attached hydrogens (tertiary/aromatic N) is 1. The van der Waals surface area contributed by atoms with Crippen molar-refractivity contribution in [3.8, 4) is 0 Å². The van der Waals surface area contributed by atoms with Crippen LogP contribution in [0.4, 0.5) is 0 Å². The van der Waals surface area contributed by atoms with Crippen molar-refractivity contribution in [3.63, 3.8) is 0 Å². The summed E-state index contributed by atoms with van der Waals surface area (Å²) in [5.41, 5.74) is 4.91. The second kappa shape index (κ2) is 10.1. The van der Waals surface area contributed by atoms with Gasteiger partial charge in [-0.15, -0.1) is 0 Å². The van der Waals surface area contributed by atoms with Gasteiger partial charge in [0.25, 0.3) is 0 Å². The molecule has 0 atom stereocenters. The quantitative estimate of drug-likeness (QED) is 0.581. The van der Waals surface area contributed by atoms with Crippen LogP contribution >= 0.6 is 0 Å². The van der Waals surface area contributed by atoms with E-state index in [1.165, 1.54) is 19.3 Å². The summed E-state index contributed by atoms with van der Waals surface area (Å²) >= 11 is 0. The van der Waals surface area contributed by atoms with E-state index in [0.29, 0.717) is 13.0 Å². The van der Waals surface area contributed by atoms with E-state index < -0.39 is 0 Å². The number of piperidine rings is 1. The largest absolute Gasteiger partial charge is 0.301 e. The molecule has 1 saturated heterocycles. The van der Waals surface area contributed by atoms with Gasteiger partial charge in [-0.25, -0.2) is 5.48 Å². The minimum absolute atomic E-state index is 0.0306. The predicted molar refractivity (Wildman–Crippen MR) is 104 cm³/mol. The Morgan fingerprint density at radius 2 is 1.50 bits per heavy atom. The van der Waals surface area contributed by atoms with Crippen molar-refractivity contribution in [2.24, 2.45) is 0 Å². The maximum absolute atomic E-state index is 12.4. The van der Waals surface area contributed by atoms with E-state index in [4.69, 9.17) is 4.84 Å². The average Bonchev–Trinajstić information content (AvgIpc) is 2.71. The topological polar surface area (TPSA) is 41.6 Å². The summed E-state index contributed by atoms with van der Waals surface area (Å²) in [6.45, 7) is 3.69. The Balaban J connectivity index is 1.51. The molecule has 1 heterocycles. The number of likely N-dealkylation sites (tertiary alicyclic amines) is 1. The fraction of sp³-hybridized carbons (Fsp3) is 0.409. The number of hydroxylamine groups is 1. The molecule has 4 heteroatoms. The molecule has 2 aromatic carbocycles. The molecular formula is C22H28N2O2. The van der Waals surface area contributed by atoms with Crippen LogP contribution in [0.15, 0.2) is 60.7 Å². The summed E-state index contributed by atoms with van der Waals surface area (Å²) in [4.78, 5) is 20.2. The lowest BCUT2D eigenvalue weighted by atomic mass is 9.88. The molecule has 0 aromatic heterocycles. The fourth-order valence-electron chi connectivity index (χ4n) is 3.52. The maximum Gasteiger partial charge on any atom is 0.244 e. The van der Waals surface area contributed by atoms with Gasteiger partial charge in [-0.05, 0) is 37.1 Å². The molecule has 0 spiro atoms. The van der Waals surface area contributed by atoms with Crippen molar-refractivity contribution in [1.29, 1.82) is 0 Å². The SMILES string of the molecule is O=C(CC(c1ccccc1)c1ccccc1)NOCCN1CCCCC1. The molecule has 1 aliphatic heterocycles. The molecule has 1 N–H and O–H groups in total. The van der Waals surface area contributed by atoms with E-state index in [1.807, 2.05) is 36.4 Å². The van der Waals surface area contributed by atoms with Crippen LogP contribution in [0.3, 0.4) is 0 Å². The molecule has 0 radical (unpaired) electrons. The molecular weight excluding hydrogens is 324 g/mol. The summed E-state index contributed by atoms with van der Waals surface area (Å²) in [6, 6.07) is 20.3. The maximum atomic E-state index is 12.4. The summed E-state index contributed by atoms with van der Waals surface area (Å²) in [5, 5.41) is 0. The van der Waals surface area contributed by atoms with Gasteiger partial charge in [-0.3, -0.25) is 9.63 Å². The van der Waals surface area contributed by atoms with Gasteiger partial charge in [-0.1, -0.05) is 67.1 Å². The first-order chi connectivity index (χ1) is 12.8. The van der Waals surface area contributed by atoms with Gasteiger partial charge in [0.2, 0.25) is 5.91 Å². The third-order valence-corrected chi connectivity index (χ3v) is 4.94. The van der Waals surface area contributed by atoms with E-state index in [9.17, 15) is 4.79 Å². The molecule has 1 aliphatic rings. The number of carbonyl (C=O) groups is 1. The highest BCUT2D eigenvalue weighted by Crippen LogP contribution is 2.27. The van der Waals surface area contributed by atoms with E-state index in [0.717, 1.165) is 30.8 Å². The van der Waals surface area contributed by atoms with Gasteiger partial charge in [-0.2, -0.15) is 0 Å². The summed E-state index contributed by atoms with van der Waals surface area (Å²) in [5.74, 6) is -0.0514. The highest BCUT2D eigenvalue weighted by molar-refractivity contribution is 5.76. The molecule has 26 heavy (non-hydrogen) atoms. The Hall–Kier alpha value is -2.17. The first kappa shape index (κ1) is 18.6. The Labute approximate surface area is 156 Å². The van der Waals surface area contributed by atoms with Crippen LogP contribution in [0.5, 0.6) is 0 Å². The number of rotatable bonds is 8. The molecule has 2 aromatic rings. The molecule has 0 unspecified atom stereocenters. The smallest absolute Gasteiger partial charge is 0.244 e. The van der Waals surface area contributed by atoms with Crippen molar-refractivity contribution >= 4 is 5.91 Å². The van der Waals surface area contributed by atoms with Crippen LogP contribution in [0.1, 0.15) is 42.7 Å². The number of benzene rings is 2. The zero-order chi connectivity index (χ0) is 18.0. The zero-order valence-electron chi connectivity index (χ0n) is 15.3. The number of hydrogen-bond donors (Lipinski definition) is 1. The van der Waals surface area contributed by atoms with Crippen molar-refractivity contribution in [3.05, 3.63) is 71.8 Å². The van der Waals surface area contributed by atoms with Crippen LogP contribution in [0.25, 0.3) is 0 Å². The van der Waals surface area contributed by atoms with Gasteiger partial charge in [0, 0.05) is 18.9 Å². The Morgan fingerprint density at radius 3 is 2.08 bits per heavy atom. The standard InChI is InChI=1S/C22H28N2O2/c25-22(23-26-17-16-24-14-8-3-9-15-24)18-21(19-10-4-1-5-11-19)20-12-6-2-7-13-20/h1-2,4-7,10-13,21H,3,8-9,14-18H2,(H,23,25). The highest BCUT2D eigenvalue weighted by atomic mass is 16.6. The van der Waals surface area contributed by atoms with Crippen molar-refractivity contribution in [2.45, 2.75) is 31.6 Å². The lowest BCUT2D eigenvalue weighted by molar-refractivity contribution is -0.134. The molecule has 0 saturated carbocycles. The molecule has 1 fully saturated rings. The molecule has 0 aliphatic carbocycles. The summed E-state index contributed by atoms with van der Waals surface area (Å²) in [7, 11) is 0. The second-order valence-corrected chi connectivity index (χ2v) is 6.85. The van der Waals surface area contributed by atoms with Crippen molar-refractivity contribution in [2.75, 3.05) is 26.2 Å². The number of nitrogens with one attached hydrogen (secondary N) is 1. The van der Waals surface area contributed by atoms with E-state index in [1.54, 1.807) is 0 Å². The van der Waals surface area contributed by atoms with Crippen LogP contribution in [0, 0.1) is 0 Å². The summed E-state index contributed by atoms with van der Waals surface area (Å²) in [6.07, 6.45) is 4.23. The average molecular weight is 352 g/mol. The van der Waals surface area contributed by atoms with Crippen LogP contribution in [0.2, 0.25) is 0 Å². The molecule has 1 amide bonds. The minimum Gasteiger partial charge on any atom is -0.301 e. The van der Waals surface area contributed by atoms with Crippen molar-refractivity contribution in [1.82, 2.24) is 10.4 Å². The molecule has 4 nitrogen and oxygen atoms in total. The highest BCUT2D eigenvalue weighted by Gasteiger charge is 2.18. The third kappa shape index (κ3) is 5.68. The normalized spacial score (nSPS) is 15.1. The third-order valence-electron chi connectivity index (χ3n) is 4.94. The Kier molecular flexibility index (Phi) is 7.23. The van der Waals surface area contributed by atoms with Gasteiger partial charge >= 0.3 is 0 Å².